The van der Waals surface area contributed by atoms with E-state index in [-0.39, 0.29) is 5.75 Å². The minimum Gasteiger partial charge on any atom is -0.360 e. The summed E-state index contributed by atoms with van der Waals surface area (Å²) in [5.74, 6) is 0.206. The lowest BCUT2D eigenvalue weighted by atomic mass is 10.0. The highest BCUT2D eigenvalue weighted by Gasteiger charge is 2.23. The van der Waals surface area contributed by atoms with Crippen LogP contribution in [0.3, 0.4) is 0 Å². The summed E-state index contributed by atoms with van der Waals surface area (Å²) in [6, 6.07) is 15.1. The highest BCUT2D eigenvalue weighted by atomic mass is 32.2. The fraction of sp³-hybridized carbons (Fsp3) is 0.250. The summed E-state index contributed by atoms with van der Waals surface area (Å²) in [6.07, 6.45) is 0.949. The van der Waals surface area contributed by atoms with Crippen molar-refractivity contribution in [2.45, 2.75) is 37.8 Å². The van der Waals surface area contributed by atoms with Gasteiger partial charge in [-0.25, -0.2) is 8.42 Å². The van der Waals surface area contributed by atoms with Crippen molar-refractivity contribution in [3.63, 3.8) is 0 Å². The number of hydrogen-bond donors (Lipinski definition) is 0. The molecule has 0 aliphatic heterocycles. The fourth-order valence-electron chi connectivity index (χ4n) is 2.74. The summed E-state index contributed by atoms with van der Waals surface area (Å²) in [4.78, 5) is 0.313. The lowest BCUT2D eigenvalue weighted by Gasteiger charge is -2.11. The van der Waals surface area contributed by atoms with E-state index in [0.29, 0.717) is 21.9 Å². The van der Waals surface area contributed by atoms with Crippen molar-refractivity contribution in [3.05, 3.63) is 71.1 Å². The molecule has 0 bridgehead atoms. The molecule has 1 heterocycles. The van der Waals surface area contributed by atoms with Gasteiger partial charge in [0.25, 0.3) is 0 Å². The van der Waals surface area contributed by atoms with Crippen molar-refractivity contribution < 1.29 is 12.9 Å². The summed E-state index contributed by atoms with van der Waals surface area (Å²) in [5.41, 5.74) is 4.32. The Labute approximate surface area is 148 Å². The molecule has 0 N–H and O–H groups in total. The molecule has 4 nitrogen and oxygen atoms in total. The lowest BCUT2D eigenvalue weighted by Crippen LogP contribution is -2.07. The second-order valence-corrected chi connectivity index (χ2v) is 8.08. The minimum atomic E-state index is -3.55. The highest BCUT2D eigenvalue weighted by Crippen LogP contribution is 2.30. The van der Waals surface area contributed by atoms with Crippen LogP contribution in [0.5, 0.6) is 0 Å². The van der Waals surface area contributed by atoms with Crippen LogP contribution in [-0.2, 0) is 22.0 Å². The van der Waals surface area contributed by atoms with E-state index in [1.165, 1.54) is 5.56 Å². The Morgan fingerprint density at radius 3 is 2.28 bits per heavy atom. The molecule has 0 fully saturated rings. The predicted molar refractivity (Wildman–Crippen MR) is 98.1 cm³/mol. The average molecular weight is 355 g/mol. The third-order valence-corrected chi connectivity index (χ3v) is 6.14. The van der Waals surface area contributed by atoms with E-state index < -0.39 is 9.84 Å². The maximum atomic E-state index is 13.0. The molecular weight excluding hydrogens is 334 g/mol. The standard InChI is InChI=1S/C20H21NO3S/c1-4-16-9-11-17(12-10-16)18-7-5-6-8-20(18)25(22,23)13-19-14(2)15(3)21-24-19/h5-12H,4,13H2,1-3H3. The zero-order valence-corrected chi connectivity index (χ0v) is 15.4. The Morgan fingerprint density at radius 1 is 1.00 bits per heavy atom. The first-order valence-electron chi connectivity index (χ1n) is 8.25. The van der Waals surface area contributed by atoms with E-state index in [2.05, 4.69) is 12.1 Å². The van der Waals surface area contributed by atoms with Crippen LogP contribution in [0.25, 0.3) is 11.1 Å². The van der Waals surface area contributed by atoms with Crippen LogP contribution in [-0.4, -0.2) is 13.6 Å². The van der Waals surface area contributed by atoms with Crippen molar-refractivity contribution in [1.29, 1.82) is 0 Å². The molecule has 0 saturated carbocycles. The van der Waals surface area contributed by atoms with Crippen LogP contribution in [0, 0.1) is 13.8 Å². The zero-order valence-electron chi connectivity index (χ0n) is 14.6. The van der Waals surface area contributed by atoms with Crippen LogP contribution in [0.1, 0.15) is 29.5 Å². The van der Waals surface area contributed by atoms with E-state index in [1.54, 1.807) is 19.1 Å². The topological polar surface area (TPSA) is 60.2 Å². The van der Waals surface area contributed by atoms with E-state index in [4.69, 9.17) is 4.52 Å². The van der Waals surface area contributed by atoms with Gasteiger partial charge in [-0.05, 0) is 37.5 Å². The molecule has 0 amide bonds. The highest BCUT2D eigenvalue weighted by molar-refractivity contribution is 7.90. The Hall–Kier alpha value is -2.40. The van der Waals surface area contributed by atoms with E-state index in [1.807, 2.05) is 43.3 Å². The van der Waals surface area contributed by atoms with Crippen LogP contribution in [0.2, 0.25) is 0 Å². The van der Waals surface area contributed by atoms with Crippen molar-refractivity contribution in [1.82, 2.24) is 5.16 Å². The van der Waals surface area contributed by atoms with Crippen molar-refractivity contribution in [3.8, 4) is 11.1 Å². The average Bonchev–Trinajstić information content (AvgIpc) is 2.93. The van der Waals surface area contributed by atoms with E-state index in [0.717, 1.165) is 17.5 Å². The Morgan fingerprint density at radius 2 is 1.68 bits per heavy atom. The Bertz CT molecular complexity index is 986. The van der Waals surface area contributed by atoms with Gasteiger partial charge in [0.15, 0.2) is 15.6 Å². The third kappa shape index (κ3) is 3.51. The maximum Gasteiger partial charge on any atom is 0.186 e. The Kier molecular flexibility index (Phi) is 4.77. The largest absolute Gasteiger partial charge is 0.360 e. The first-order chi connectivity index (χ1) is 11.9. The van der Waals surface area contributed by atoms with Crippen molar-refractivity contribution in [2.24, 2.45) is 0 Å². The number of hydrogen-bond acceptors (Lipinski definition) is 4. The van der Waals surface area contributed by atoms with Gasteiger partial charge in [0.2, 0.25) is 0 Å². The molecule has 0 spiro atoms. The molecule has 25 heavy (non-hydrogen) atoms. The predicted octanol–water partition coefficient (Wildman–Crippen LogP) is 4.49. The minimum absolute atomic E-state index is 0.191. The molecule has 0 unspecified atom stereocenters. The van der Waals surface area contributed by atoms with Crippen LogP contribution >= 0.6 is 0 Å². The number of sulfone groups is 1. The monoisotopic (exact) mass is 355 g/mol. The fourth-order valence-corrected chi connectivity index (χ4v) is 4.32. The third-order valence-electron chi connectivity index (χ3n) is 4.47. The molecule has 0 atom stereocenters. The molecular formula is C20H21NO3S. The molecule has 3 rings (SSSR count). The van der Waals surface area contributed by atoms with E-state index in [9.17, 15) is 8.42 Å². The van der Waals surface area contributed by atoms with Gasteiger partial charge >= 0.3 is 0 Å². The number of nitrogens with zero attached hydrogens (tertiary/aromatic N) is 1. The SMILES string of the molecule is CCc1ccc(-c2ccccc2S(=O)(=O)Cc2onc(C)c2C)cc1. The van der Waals surface area contributed by atoms with Gasteiger partial charge < -0.3 is 4.52 Å². The quantitative estimate of drug-likeness (QED) is 0.676. The lowest BCUT2D eigenvalue weighted by molar-refractivity contribution is 0.388. The molecule has 0 radical (unpaired) electrons. The molecule has 3 aromatic rings. The van der Waals surface area contributed by atoms with Crippen LogP contribution in [0.15, 0.2) is 57.9 Å². The number of aromatic nitrogens is 1. The first-order valence-corrected chi connectivity index (χ1v) is 9.90. The molecule has 2 aromatic carbocycles. The van der Waals surface area contributed by atoms with Gasteiger partial charge in [-0.2, -0.15) is 0 Å². The number of aryl methyl sites for hydroxylation is 2. The second-order valence-electron chi connectivity index (χ2n) is 6.12. The zero-order chi connectivity index (χ0) is 18.0. The van der Waals surface area contributed by atoms with E-state index >= 15 is 0 Å². The van der Waals surface area contributed by atoms with Crippen molar-refractivity contribution >= 4 is 9.84 Å². The summed E-state index contributed by atoms with van der Waals surface area (Å²) < 4.78 is 31.2. The van der Waals surface area contributed by atoms with Gasteiger partial charge in [-0.3, -0.25) is 0 Å². The van der Waals surface area contributed by atoms with Gasteiger partial charge in [-0.15, -0.1) is 0 Å². The van der Waals surface area contributed by atoms with Gasteiger partial charge in [0, 0.05) is 11.1 Å². The first kappa shape index (κ1) is 17.4. The normalized spacial score (nSPS) is 11.6. The summed E-state index contributed by atoms with van der Waals surface area (Å²) in [7, 11) is -3.55. The smallest absolute Gasteiger partial charge is 0.186 e. The molecule has 5 heteroatoms. The van der Waals surface area contributed by atoms with Crippen LogP contribution in [0.4, 0.5) is 0 Å². The molecule has 0 aliphatic carbocycles. The van der Waals surface area contributed by atoms with Crippen molar-refractivity contribution in [2.75, 3.05) is 0 Å². The number of rotatable bonds is 5. The maximum absolute atomic E-state index is 13.0. The molecule has 0 aliphatic rings. The summed E-state index contributed by atoms with van der Waals surface area (Å²) >= 11 is 0. The van der Waals surface area contributed by atoms with Gasteiger partial charge in [-0.1, -0.05) is 54.5 Å². The second kappa shape index (κ2) is 6.84. The van der Waals surface area contributed by atoms with Gasteiger partial charge in [0.05, 0.1) is 10.6 Å². The summed E-state index contributed by atoms with van der Waals surface area (Å²) in [6.45, 7) is 5.72. The molecule has 1 aromatic heterocycles. The molecule has 130 valence electrons. The summed E-state index contributed by atoms with van der Waals surface area (Å²) in [5, 5.41) is 3.85. The molecule has 0 saturated heterocycles. The Balaban J connectivity index is 2.03. The van der Waals surface area contributed by atoms with Gasteiger partial charge in [0.1, 0.15) is 5.75 Å². The van der Waals surface area contributed by atoms with Crippen LogP contribution < -0.4 is 0 Å². The number of benzene rings is 2.